The number of ether oxygens (including phenoxy) is 2. The molecular formula is C18H26O4. The normalized spacial score (nSPS) is 11.8. The fraction of sp³-hybridized carbons (Fsp3) is 0.500. The van der Waals surface area contributed by atoms with Gasteiger partial charge in [-0.1, -0.05) is 38.1 Å². The summed E-state index contributed by atoms with van der Waals surface area (Å²) in [6, 6.07) is 7.83. The summed E-state index contributed by atoms with van der Waals surface area (Å²) in [6.45, 7) is 5.40. The van der Waals surface area contributed by atoms with Crippen LogP contribution in [0.15, 0.2) is 36.4 Å². The van der Waals surface area contributed by atoms with Gasteiger partial charge in [0.25, 0.3) is 0 Å². The second-order valence-electron chi connectivity index (χ2n) is 6.02. The van der Waals surface area contributed by atoms with Gasteiger partial charge >= 0.3 is 5.97 Å². The first-order valence-electron chi connectivity index (χ1n) is 7.53. The van der Waals surface area contributed by atoms with E-state index in [0.717, 1.165) is 17.7 Å². The summed E-state index contributed by atoms with van der Waals surface area (Å²) in [6.07, 6.45) is 5.82. The van der Waals surface area contributed by atoms with Crippen LogP contribution >= 0.6 is 0 Å². The maximum Gasteiger partial charge on any atom is 0.303 e. The van der Waals surface area contributed by atoms with Gasteiger partial charge in [0.2, 0.25) is 0 Å². The molecule has 0 saturated heterocycles. The molecule has 0 fully saturated rings. The fourth-order valence-electron chi connectivity index (χ4n) is 1.98. The third-order valence-electron chi connectivity index (χ3n) is 3.23. The van der Waals surface area contributed by atoms with Gasteiger partial charge in [-0.05, 0) is 30.5 Å². The summed E-state index contributed by atoms with van der Waals surface area (Å²) in [5.41, 5.74) is 1.05. The highest BCUT2D eigenvalue weighted by Gasteiger charge is 2.13. The number of rotatable bonds is 10. The van der Waals surface area contributed by atoms with Crippen molar-refractivity contribution in [2.45, 2.75) is 39.7 Å². The van der Waals surface area contributed by atoms with Gasteiger partial charge in [0.15, 0.2) is 0 Å². The number of hydrogen-bond donors (Lipinski definition) is 1. The third kappa shape index (κ3) is 7.84. The monoisotopic (exact) mass is 306 g/mol. The van der Waals surface area contributed by atoms with Gasteiger partial charge in [0, 0.05) is 11.8 Å². The summed E-state index contributed by atoms with van der Waals surface area (Å²) in [5.74, 6) is 0.101. The van der Waals surface area contributed by atoms with Crippen molar-refractivity contribution in [1.82, 2.24) is 0 Å². The summed E-state index contributed by atoms with van der Waals surface area (Å²) in [4.78, 5) is 10.4. The molecule has 122 valence electrons. The van der Waals surface area contributed by atoms with Crippen LogP contribution in [0.25, 0.3) is 0 Å². The van der Waals surface area contributed by atoms with Crippen molar-refractivity contribution in [1.29, 1.82) is 0 Å². The summed E-state index contributed by atoms with van der Waals surface area (Å²) in [5, 5.41) is 8.58. The van der Waals surface area contributed by atoms with Gasteiger partial charge in [-0.25, -0.2) is 0 Å². The van der Waals surface area contributed by atoms with Gasteiger partial charge in [-0.2, -0.15) is 0 Å². The van der Waals surface area contributed by atoms with Crippen LogP contribution in [-0.2, 0) is 16.1 Å². The Hall–Kier alpha value is -1.81. The van der Waals surface area contributed by atoms with Gasteiger partial charge in [0.05, 0.1) is 20.3 Å². The van der Waals surface area contributed by atoms with Crippen LogP contribution in [0.2, 0.25) is 0 Å². The molecule has 4 nitrogen and oxygen atoms in total. The molecule has 0 radical (unpaired) electrons. The van der Waals surface area contributed by atoms with E-state index in [9.17, 15) is 4.79 Å². The molecule has 0 aliphatic rings. The highest BCUT2D eigenvalue weighted by molar-refractivity contribution is 5.66. The molecule has 0 spiro atoms. The summed E-state index contributed by atoms with van der Waals surface area (Å²) >= 11 is 0. The second-order valence-corrected chi connectivity index (χ2v) is 6.02. The minimum Gasteiger partial charge on any atom is -0.497 e. The van der Waals surface area contributed by atoms with E-state index >= 15 is 0 Å². The average molecular weight is 306 g/mol. The Bertz CT molecular complexity index is 474. The summed E-state index contributed by atoms with van der Waals surface area (Å²) in [7, 11) is 1.65. The Morgan fingerprint density at radius 3 is 2.55 bits per heavy atom. The van der Waals surface area contributed by atoms with E-state index in [1.54, 1.807) is 7.11 Å². The summed E-state index contributed by atoms with van der Waals surface area (Å²) < 4.78 is 10.9. The van der Waals surface area contributed by atoms with Crippen molar-refractivity contribution in [2.24, 2.45) is 5.41 Å². The number of carboxylic acids is 1. The van der Waals surface area contributed by atoms with Crippen molar-refractivity contribution in [3.8, 4) is 5.75 Å². The SMILES string of the molecule is COc1ccc(COCC(C)(C)/C=C\CCCC(=O)O)cc1. The van der Waals surface area contributed by atoms with E-state index in [1.807, 2.05) is 30.3 Å². The van der Waals surface area contributed by atoms with Crippen molar-refractivity contribution in [3.63, 3.8) is 0 Å². The average Bonchev–Trinajstić information content (AvgIpc) is 2.47. The molecule has 0 atom stereocenters. The quantitative estimate of drug-likeness (QED) is 0.523. The molecular weight excluding hydrogens is 280 g/mol. The third-order valence-corrected chi connectivity index (χ3v) is 3.23. The number of allylic oxidation sites excluding steroid dienone is 1. The van der Waals surface area contributed by atoms with E-state index < -0.39 is 5.97 Å². The molecule has 1 rings (SSSR count). The molecule has 1 aromatic rings. The van der Waals surface area contributed by atoms with E-state index in [4.69, 9.17) is 14.6 Å². The minimum absolute atomic E-state index is 0.0598. The molecule has 0 amide bonds. The van der Waals surface area contributed by atoms with Crippen LogP contribution in [0, 0.1) is 5.41 Å². The lowest BCUT2D eigenvalue weighted by atomic mass is 9.93. The first kappa shape index (κ1) is 18.2. The zero-order valence-electron chi connectivity index (χ0n) is 13.7. The number of carbonyl (C=O) groups is 1. The maximum atomic E-state index is 10.4. The molecule has 0 aliphatic carbocycles. The number of unbranched alkanes of at least 4 members (excludes halogenated alkanes) is 1. The highest BCUT2D eigenvalue weighted by atomic mass is 16.5. The van der Waals surface area contributed by atoms with E-state index in [2.05, 4.69) is 19.9 Å². The molecule has 4 heteroatoms. The van der Waals surface area contributed by atoms with Crippen LogP contribution in [0.1, 0.15) is 38.7 Å². The van der Waals surface area contributed by atoms with Crippen LogP contribution in [0.5, 0.6) is 5.75 Å². The second kappa shape index (κ2) is 9.26. The number of aliphatic carboxylic acids is 1. The fourth-order valence-corrected chi connectivity index (χ4v) is 1.98. The molecule has 0 saturated carbocycles. The van der Waals surface area contributed by atoms with Gasteiger partial charge in [0.1, 0.15) is 5.75 Å². The standard InChI is InChI=1S/C18H26O4/c1-18(2,12-6-4-5-7-17(19)20)14-22-13-15-8-10-16(21-3)11-9-15/h6,8-12H,4-5,7,13-14H2,1-3H3,(H,19,20)/b12-6-. The minimum atomic E-state index is -0.740. The van der Waals surface area contributed by atoms with Crippen LogP contribution < -0.4 is 4.74 Å². The molecule has 0 bridgehead atoms. The highest BCUT2D eigenvalue weighted by Crippen LogP contribution is 2.19. The number of carboxylic acid groups (broad SMARTS) is 1. The van der Waals surface area contributed by atoms with Crippen LogP contribution in [-0.4, -0.2) is 24.8 Å². The smallest absolute Gasteiger partial charge is 0.303 e. The first-order chi connectivity index (χ1) is 10.4. The first-order valence-corrected chi connectivity index (χ1v) is 7.53. The molecule has 1 aromatic carbocycles. The predicted molar refractivity (Wildman–Crippen MR) is 87.1 cm³/mol. The van der Waals surface area contributed by atoms with Crippen molar-refractivity contribution in [2.75, 3.05) is 13.7 Å². The Balaban J connectivity index is 2.28. The Kier molecular flexibility index (Phi) is 7.67. The lowest BCUT2D eigenvalue weighted by Gasteiger charge is -2.20. The Morgan fingerprint density at radius 1 is 1.27 bits per heavy atom. The zero-order chi connectivity index (χ0) is 16.4. The van der Waals surface area contributed by atoms with Crippen molar-refractivity contribution in [3.05, 3.63) is 42.0 Å². The van der Waals surface area contributed by atoms with Crippen molar-refractivity contribution >= 4 is 5.97 Å². The molecule has 0 aliphatic heterocycles. The van der Waals surface area contributed by atoms with E-state index in [0.29, 0.717) is 19.6 Å². The molecule has 0 unspecified atom stereocenters. The van der Waals surface area contributed by atoms with E-state index in [-0.39, 0.29) is 11.8 Å². The Morgan fingerprint density at radius 2 is 1.95 bits per heavy atom. The Labute approximate surface area is 132 Å². The molecule has 0 aromatic heterocycles. The lowest BCUT2D eigenvalue weighted by Crippen LogP contribution is -2.16. The molecule has 22 heavy (non-hydrogen) atoms. The largest absolute Gasteiger partial charge is 0.497 e. The molecule has 0 heterocycles. The van der Waals surface area contributed by atoms with E-state index in [1.165, 1.54) is 0 Å². The maximum absolute atomic E-state index is 10.4. The van der Waals surface area contributed by atoms with Gasteiger partial charge < -0.3 is 14.6 Å². The topological polar surface area (TPSA) is 55.8 Å². The predicted octanol–water partition coefficient (Wildman–Crippen LogP) is 4.05. The number of hydrogen-bond acceptors (Lipinski definition) is 3. The van der Waals surface area contributed by atoms with Gasteiger partial charge in [-0.3, -0.25) is 4.79 Å². The number of methoxy groups -OCH3 is 1. The molecule has 1 N–H and O–H groups in total. The number of benzene rings is 1. The van der Waals surface area contributed by atoms with Crippen molar-refractivity contribution < 1.29 is 19.4 Å². The lowest BCUT2D eigenvalue weighted by molar-refractivity contribution is -0.137. The van der Waals surface area contributed by atoms with Crippen LogP contribution in [0.3, 0.4) is 0 Å². The zero-order valence-corrected chi connectivity index (χ0v) is 13.7. The van der Waals surface area contributed by atoms with Gasteiger partial charge in [-0.15, -0.1) is 0 Å². The van der Waals surface area contributed by atoms with Crippen LogP contribution in [0.4, 0.5) is 0 Å².